The third-order valence-corrected chi connectivity index (χ3v) is 4.67. The van der Waals surface area contributed by atoms with E-state index in [-0.39, 0.29) is 21.4 Å². The molecule has 22 heavy (non-hydrogen) atoms. The van der Waals surface area contributed by atoms with E-state index >= 15 is 0 Å². The Morgan fingerprint density at radius 3 is 2.32 bits per heavy atom. The molecule has 0 spiro atoms. The first-order valence-electron chi connectivity index (χ1n) is 6.71. The average Bonchev–Trinajstić information content (AvgIpc) is 2.48. The monoisotopic (exact) mass is 337 g/mol. The molecule has 4 nitrogen and oxygen atoms in total. The van der Waals surface area contributed by atoms with Crippen LogP contribution in [0, 0.1) is 0 Å². The number of para-hydroxylation sites is 1. The highest BCUT2D eigenvalue weighted by Gasteiger charge is 2.20. The molecule has 116 valence electrons. The molecule has 0 aliphatic rings. The maximum absolute atomic E-state index is 12.7. The number of sulfone groups is 1. The van der Waals surface area contributed by atoms with Gasteiger partial charge in [-0.3, -0.25) is 4.79 Å². The first-order valence-corrected chi connectivity index (χ1v) is 8.98. The van der Waals surface area contributed by atoms with Crippen LogP contribution >= 0.6 is 11.6 Å². The summed E-state index contributed by atoms with van der Waals surface area (Å²) in [4.78, 5) is 14.3. The highest BCUT2D eigenvalue weighted by atomic mass is 35.5. The zero-order chi connectivity index (χ0) is 16.3. The second-order valence-corrected chi connectivity index (χ2v) is 7.22. The van der Waals surface area contributed by atoms with Gasteiger partial charge in [-0.1, -0.05) is 29.8 Å². The van der Waals surface area contributed by atoms with Gasteiger partial charge >= 0.3 is 0 Å². The molecule has 0 aliphatic carbocycles. The number of benzene rings is 2. The minimum absolute atomic E-state index is 0.0735. The number of halogens is 1. The van der Waals surface area contributed by atoms with Gasteiger partial charge in [-0.15, -0.1) is 0 Å². The van der Waals surface area contributed by atoms with Gasteiger partial charge in [-0.05, 0) is 37.3 Å². The molecule has 0 N–H and O–H groups in total. The number of hydrogen-bond donors (Lipinski definition) is 0. The summed E-state index contributed by atoms with van der Waals surface area (Å²) >= 11 is 6.09. The summed E-state index contributed by atoms with van der Waals surface area (Å²) in [7, 11) is -3.40. The molecule has 1 amide bonds. The van der Waals surface area contributed by atoms with Gasteiger partial charge < -0.3 is 4.90 Å². The molecule has 0 aromatic heterocycles. The van der Waals surface area contributed by atoms with Crippen molar-refractivity contribution in [1.82, 2.24) is 0 Å². The number of nitrogens with zero attached hydrogens (tertiary/aromatic N) is 1. The number of rotatable bonds is 4. The van der Waals surface area contributed by atoms with Gasteiger partial charge in [0.05, 0.1) is 15.5 Å². The lowest BCUT2D eigenvalue weighted by molar-refractivity contribution is 0.0988. The van der Waals surface area contributed by atoms with Gasteiger partial charge in [0.2, 0.25) is 0 Å². The SMILES string of the molecule is CCN(C(=O)c1cc(S(C)(=O)=O)ccc1Cl)c1ccccc1. The summed E-state index contributed by atoms with van der Waals surface area (Å²) in [6.45, 7) is 2.29. The Labute approximate surface area is 135 Å². The van der Waals surface area contributed by atoms with Crippen molar-refractivity contribution in [2.45, 2.75) is 11.8 Å². The van der Waals surface area contributed by atoms with Crippen LogP contribution < -0.4 is 4.90 Å². The summed E-state index contributed by atoms with van der Waals surface area (Å²) in [6, 6.07) is 13.3. The van der Waals surface area contributed by atoms with Gasteiger partial charge in [0, 0.05) is 18.5 Å². The molecule has 2 aromatic rings. The largest absolute Gasteiger partial charge is 0.309 e. The zero-order valence-corrected chi connectivity index (χ0v) is 13.9. The molecule has 0 bridgehead atoms. The van der Waals surface area contributed by atoms with Gasteiger partial charge in [0.1, 0.15) is 0 Å². The Morgan fingerprint density at radius 2 is 1.77 bits per heavy atom. The predicted octanol–water partition coefficient (Wildman–Crippen LogP) is 3.41. The van der Waals surface area contributed by atoms with Crippen molar-refractivity contribution in [1.29, 1.82) is 0 Å². The lowest BCUT2D eigenvalue weighted by atomic mass is 10.1. The highest BCUT2D eigenvalue weighted by Crippen LogP contribution is 2.24. The number of anilines is 1. The van der Waals surface area contributed by atoms with Crippen LogP contribution in [0.2, 0.25) is 5.02 Å². The van der Waals surface area contributed by atoms with Crippen molar-refractivity contribution < 1.29 is 13.2 Å². The molecule has 0 saturated carbocycles. The smallest absolute Gasteiger partial charge is 0.259 e. The molecule has 0 unspecified atom stereocenters. The average molecular weight is 338 g/mol. The van der Waals surface area contributed by atoms with E-state index in [2.05, 4.69) is 0 Å². The van der Waals surface area contributed by atoms with Crippen molar-refractivity contribution in [2.75, 3.05) is 17.7 Å². The van der Waals surface area contributed by atoms with E-state index in [0.29, 0.717) is 6.54 Å². The Bertz CT molecular complexity index is 788. The van der Waals surface area contributed by atoms with Crippen molar-refractivity contribution in [2.24, 2.45) is 0 Å². The van der Waals surface area contributed by atoms with Crippen LogP contribution in [0.5, 0.6) is 0 Å². The topological polar surface area (TPSA) is 54.5 Å². The molecule has 0 fully saturated rings. The molecule has 6 heteroatoms. The molecule has 2 rings (SSSR count). The van der Waals surface area contributed by atoms with Gasteiger partial charge in [0.15, 0.2) is 9.84 Å². The lowest BCUT2D eigenvalue weighted by Gasteiger charge is -2.21. The van der Waals surface area contributed by atoms with Crippen LogP contribution in [0.1, 0.15) is 17.3 Å². The quantitative estimate of drug-likeness (QED) is 0.859. The summed E-state index contributed by atoms with van der Waals surface area (Å²) in [5, 5.41) is 0.229. The first-order chi connectivity index (χ1) is 10.3. The number of carbonyl (C=O) groups is 1. The molecule has 0 radical (unpaired) electrons. The standard InChI is InChI=1S/C16H16ClNO3S/c1-3-18(12-7-5-4-6-8-12)16(19)14-11-13(22(2,20)21)9-10-15(14)17/h4-11H,3H2,1-2H3. The second kappa shape index (κ2) is 6.50. The van der Waals surface area contributed by atoms with E-state index in [1.54, 1.807) is 4.90 Å². The van der Waals surface area contributed by atoms with Crippen molar-refractivity contribution >= 4 is 33.0 Å². The fraction of sp³-hybridized carbons (Fsp3) is 0.188. The van der Waals surface area contributed by atoms with E-state index in [4.69, 9.17) is 11.6 Å². The third-order valence-electron chi connectivity index (χ3n) is 3.23. The Morgan fingerprint density at radius 1 is 1.14 bits per heavy atom. The molecule has 0 heterocycles. The molecule has 0 aliphatic heterocycles. The van der Waals surface area contributed by atoms with Crippen molar-refractivity contribution in [3.8, 4) is 0 Å². The molecule has 0 atom stereocenters. The van der Waals surface area contributed by atoms with Gasteiger partial charge in [-0.2, -0.15) is 0 Å². The fourth-order valence-corrected chi connectivity index (χ4v) is 2.94. The number of hydrogen-bond acceptors (Lipinski definition) is 3. The molecule has 0 saturated heterocycles. The lowest BCUT2D eigenvalue weighted by Crippen LogP contribution is -2.30. The van der Waals surface area contributed by atoms with E-state index in [1.165, 1.54) is 18.2 Å². The summed E-state index contributed by atoms with van der Waals surface area (Å²) < 4.78 is 23.3. The van der Waals surface area contributed by atoms with Crippen LogP contribution in [-0.4, -0.2) is 27.1 Å². The molecular weight excluding hydrogens is 322 g/mol. The fourth-order valence-electron chi connectivity index (χ4n) is 2.10. The maximum Gasteiger partial charge on any atom is 0.259 e. The van der Waals surface area contributed by atoms with Crippen LogP contribution in [0.4, 0.5) is 5.69 Å². The highest BCUT2D eigenvalue weighted by molar-refractivity contribution is 7.90. The summed E-state index contributed by atoms with van der Waals surface area (Å²) in [5.41, 5.74) is 0.908. The minimum Gasteiger partial charge on any atom is -0.309 e. The Balaban J connectivity index is 2.48. The second-order valence-electron chi connectivity index (χ2n) is 4.80. The van der Waals surface area contributed by atoms with E-state index in [1.807, 2.05) is 37.3 Å². The first kappa shape index (κ1) is 16.5. The normalized spacial score (nSPS) is 11.2. The number of amides is 1. The van der Waals surface area contributed by atoms with Gasteiger partial charge in [0.25, 0.3) is 5.91 Å². The van der Waals surface area contributed by atoms with Crippen molar-refractivity contribution in [3.05, 3.63) is 59.1 Å². The summed E-state index contributed by atoms with van der Waals surface area (Å²) in [5.74, 6) is -0.329. The number of carbonyl (C=O) groups excluding carboxylic acids is 1. The predicted molar refractivity (Wildman–Crippen MR) is 88.4 cm³/mol. The molecule has 2 aromatic carbocycles. The van der Waals surface area contributed by atoms with Crippen LogP contribution in [0.15, 0.2) is 53.4 Å². The van der Waals surface area contributed by atoms with Crippen LogP contribution in [0.25, 0.3) is 0 Å². The van der Waals surface area contributed by atoms with E-state index < -0.39 is 9.84 Å². The Kier molecular flexibility index (Phi) is 4.88. The van der Waals surface area contributed by atoms with E-state index in [9.17, 15) is 13.2 Å². The minimum atomic E-state index is -3.40. The molecular formula is C16H16ClNO3S. The summed E-state index contributed by atoms with van der Waals surface area (Å²) in [6.07, 6.45) is 1.10. The zero-order valence-electron chi connectivity index (χ0n) is 12.3. The van der Waals surface area contributed by atoms with E-state index in [0.717, 1.165) is 11.9 Å². The third kappa shape index (κ3) is 3.48. The van der Waals surface area contributed by atoms with Crippen LogP contribution in [-0.2, 0) is 9.84 Å². The maximum atomic E-state index is 12.7. The van der Waals surface area contributed by atoms with Crippen LogP contribution in [0.3, 0.4) is 0 Å². The Hall–Kier alpha value is -1.85. The van der Waals surface area contributed by atoms with Gasteiger partial charge in [-0.25, -0.2) is 8.42 Å². The van der Waals surface area contributed by atoms with Crippen molar-refractivity contribution in [3.63, 3.8) is 0 Å².